The molecule has 4 nitrogen and oxygen atoms in total. The van der Waals surface area contributed by atoms with Crippen molar-refractivity contribution in [3.05, 3.63) is 186 Å². The van der Waals surface area contributed by atoms with E-state index < -0.39 is 0 Å². The molecule has 0 bridgehead atoms. The maximum absolute atomic E-state index is 6.28. The van der Waals surface area contributed by atoms with Gasteiger partial charge in [0.25, 0.3) is 0 Å². The molecule has 2 aromatic heterocycles. The van der Waals surface area contributed by atoms with Crippen LogP contribution in [0, 0.1) is 0 Å². The van der Waals surface area contributed by atoms with Crippen LogP contribution in [0.15, 0.2) is 168 Å². The van der Waals surface area contributed by atoms with E-state index in [9.17, 15) is 0 Å². The van der Waals surface area contributed by atoms with Gasteiger partial charge in [0.05, 0.1) is 0 Å². The molecule has 10 rings (SSSR count). The lowest BCUT2D eigenvalue weighted by atomic mass is 9.87. The van der Waals surface area contributed by atoms with Gasteiger partial charge in [-0.15, -0.1) is 0 Å². The largest absolute Gasteiger partial charge is 0.456 e. The lowest BCUT2D eigenvalue weighted by Gasteiger charge is -2.18. The zero-order valence-electron chi connectivity index (χ0n) is 27.8. The third-order valence-electron chi connectivity index (χ3n) is 10.1. The first-order valence-corrected chi connectivity index (χ1v) is 17.4. The summed E-state index contributed by atoms with van der Waals surface area (Å²) in [5.41, 5.74) is 9.74. The number of furan rings is 1. The molecular weight excluding hydrogens is 623 g/mol. The summed E-state index contributed by atoms with van der Waals surface area (Å²) in [5, 5.41) is 7.15. The smallest absolute Gasteiger partial charge is 0.164 e. The first-order chi connectivity index (χ1) is 25.3. The highest BCUT2D eigenvalue weighted by Crippen LogP contribution is 2.36. The topological polar surface area (TPSA) is 51.8 Å². The minimum Gasteiger partial charge on any atom is -0.456 e. The van der Waals surface area contributed by atoms with Crippen molar-refractivity contribution in [2.45, 2.75) is 12.8 Å². The predicted molar refractivity (Wildman–Crippen MR) is 207 cm³/mol. The lowest BCUT2D eigenvalue weighted by Crippen LogP contribution is -2.33. The number of hydrogen-bond donors (Lipinski definition) is 0. The number of rotatable bonds is 5. The molecule has 9 aromatic rings. The quantitative estimate of drug-likeness (QED) is 0.186. The van der Waals surface area contributed by atoms with Crippen molar-refractivity contribution in [2.24, 2.45) is 0 Å². The Balaban J connectivity index is 1.14. The Morgan fingerprint density at radius 1 is 0.392 bits per heavy atom. The summed E-state index contributed by atoms with van der Waals surface area (Å²) in [7, 11) is 0. The fourth-order valence-corrected chi connectivity index (χ4v) is 7.60. The molecule has 0 atom stereocenters. The third-order valence-corrected chi connectivity index (χ3v) is 10.1. The number of aromatic nitrogens is 3. The second kappa shape index (κ2) is 12.0. The van der Waals surface area contributed by atoms with Crippen molar-refractivity contribution in [1.29, 1.82) is 0 Å². The van der Waals surface area contributed by atoms with Gasteiger partial charge in [0.15, 0.2) is 17.5 Å². The molecule has 2 heterocycles. The average molecular weight is 654 g/mol. The third kappa shape index (κ3) is 5.12. The molecule has 0 fully saturated rings. The normalized spacial score (nSPS) is 12.9. The van der Waals surface area contributed by atoms with E-state index in [1.807, 2.05) is 30.3 Å². The molecule has 0 aliphatic heterocycles. The van der Waals surface area contributed by atoms with Gasteiger partial charge >= 0.3 is 0 Å². The maximum atomic E-state index is 6.28. The van der Waals surface area contributed by atoms with Gasteiger partial charge in [-0.05, 0) is 74.5 Å². The Hall–Kier alpha value is -6.65. The van der Waals surface area contributed by atoms with Crippen LogP contribution in [-0.2, 0) is 0 Å². The Morgan fingerprint density at radius 3 is 1.80 bits per heavy atom. The Bertz CT molecular complexity index is 2910. The first-order valence-electron chi connectivity index (χ1n) is 17.4. The van der Waals surface area contributed by atoms with Crippen LogP contribution < -0.4 is 10.4 Å². The van der Waals surface area contributed by atoms with Crippen LogP contribution in [0.2, 0.25) is 0 Å². The minimum absolute atomic E-state index is 0.665. The van der Waals surface area contributed by atoms with Gasteiger partial charge in [-0.3, -0.25) is 0 Å². The van der Waals surface area contributed by atoms with Crippen molar-refractivity contribution >= 4 is 43.9 Å². The van der Waals surface area contributed by atoms with Crippen molar-refractivity contribution in [3.63, 3.8) is 0 Å². The molecule has 51 heavy (non-hydrogen) atoms. The average Bonchev–Trinajstić information content (AvgIpc) is 3.60. The van der Waals surface area contributed by atoms with E-state index in [1.54, 1.807) is 0 Å². The van der Waals surface area contributed by atoms with Gasteiger partial charge in [0, 0.05) is 27.5 Å². The minimum atomic E-state index is 0.665. The van der Waals surface area contributed by atoms with Crippen LogP contribution in [0.4, 0.5) is 0 Å². The highest BCUT2D eigenvalue weighted by Gasteiger charge is 2.21. The predicted octanol–water partition coefficient (Wildman–Crippen LogP) is 10.1. The van der Waals surface area contributed by atoms with E-state index >= 15 is 0 Å². The second-order valence-electron chi connectivity index (χ2n) is 13.1. The van der Waals surface area contributed by atoms with E-state index in [0.29, 0.717) is 11.6 Å². The van der Waals surface area contributed by atoms with E-state index in [-0.39, 0.29) is 0 Å². The zero-order valence-corrected chi connectivity index (χ0v) is 27.8. The fraction of sp³-hybridized carbons (Fsp3) is 0.0426. The number of benzene rings is 7. The van der Waals surface area contributed by atoms with E-state index in [2.05, 4.69) is 133 Å². The lowest BCUT2D eigenvalue weighted by molar-refractivity contribution is 0.669. The monoisotopic (exact) mass is 653 g/mol. The van der Waals surface area contributed by atoms with Crippen LogP contribution >= 0.6 is 0 Å². The molecule has 7 aromatic carbocycles. The number of para-hydroxylation sites is 1. The Labute approximate surface area is 294 Å². The van der Waals surface area contributed by atoms with Crippen molar-refractivity contribution in [1.82, 2.24) is 15.0 Å². The van der Waals surface area contributed by atoms with E-state index in [1.165, 1.54) is 38.1 Å². The molecule has 0 saturated carbocycles. The highest BCUT2D eigenvalue weighted by molar-refractivity contribution is 6.10. The zero-order chi connectivity index (χ0) is 33.7. The fourth-order valence-electron chi connectivity index (χ4n) is 7.60. The van der Waals surface area contributed by atoms with Crippen molar-refractivity contribution in [2.75, 3.05) is 0 Å². The van der Waals surface area contributed by atoms with Crippen LogP contribution in [0.5, 0.6) is 0 Å². The van der Waals surface area contributed by atoms with Gasteiger partial charge < -0.3 is 4.42 Å². The van der Waals surface area contributed by atoms with Gasteiger partial charge in [-0.2, -0.15) is 0 Å². The van der Waals surface area contributed by atoms with Crippen LogP contribution in [-0.4, -0.2) is 15.0 Å². The summed E-state index contributed by atoms with van der Waals surface area (Å²) in [6.07, 6.45) is 1.66. The number of nitrogens with zero attached hydrogens (tertiary/aromatic N) is 3. The highest BCUT2D eigenvalue weighted by atomic mass is 16.3. The van der Waals surface area contributed by atoms with Gasteiger partial charge in [-0.1, -0.05) is 146 Å². The van der Waals surface area contributed by atoms with Crippen molar-refractivity contribution < 1.29 is 4.42 Å². The summed E-state index contributed by atoms with van der Waals surface area (Å²) in [6.45, 7) is 0. The first kappa shape index (κ1) is 29.3. The Morgan fingerprint density at radius 2 is 0.980 bits per heavy atom. The molecule has 4 heteroatoms. The molecule has 1 aliphatic carbocycles. The van der Waals surface area contributed by atoms with E-state index in [4.69, 9.17) is 19.4 Å². The van der Waals surface area contributed by atoms with Crippen molar-refractivity contribution in [3.8, 4) is 33.9 Å². The SMILES string of the molecule is c1ccc(-c2nc(C3=c4ccccc4=C(c4cccc5oc6ccccc6c45)CC3)nc(-c3ccc(-c4ccc5ccccc5c4)cc3)n2)cc1. The summed E-state index contributed by atoms with van der Waals surface area (Å²) in [6, 6.07) is 57.3. The molecule has 0 N–H and O–H groups in total. The van der Waals surface area contributed by atoms with Crippen LogP contribution in [0.1, 0.15) is 24.2 Å². The maximum Gasteiger partial charge on any atom is 0.164 e. The summed E-state index contributed by atoms with van der Waals surface area (Å²) in [4.78, 5) is 15.4. The van der Waals surface area contributed by atoms with Crippen LogP contribution in [0.25, 0.3) is 77.8 Å². The summed E-state index contributed by atoms with van der Waals surface area (Å²) >= 11 is 0. The van der Waals surface area contributed by atoms with E-state index in [0.717, 1.165) is 62.7 Å². The molecule has 240 valence electrons. The van der Waals surface area contributed by atoms with Gasteiger partial charge in [-0.25, -0.2) is 15.0 Å². The molecule has 0 unspecified atom stereocenters. The standard InChI is InChI=1S/C47H31N3O/c1-2-12-32(13-3-1)45-48-46(33-24-21-31(22-25-33)35-26-23-30-11-4-5-14-34(30)29-35)50-47(49-45)40-28-27-38(36-15-6-7-16-37(36)40)39-18-10-20-43-44(39)41-17-8-9-19-42(41)51-43/h1-26,29H,27-28H2. The molecule has 0 spiro atoms. The molecule has 1 aliphatic rings. The molecule has 0 radical (unpaired) electrons. The van der Waals surface area contributed by atoms with Crippen LogP contribution in [0.3, 0.4) is 0 Å². The molecule has 0 saturated heterocycles. The molecule has 0 amide bonds. The molecular formula is C47H31N3O. The number of fused-ring (bicyclic) bond motifs is 5. The number of hydrogen-bond acceptors (Lipinski definition) is 4. The van der Waals surface area contributed by atoms with Gasteiger partial charge in [0.2, 0.25) is 0 Å². The summed E-state index contributed by atoms with van der Waals surface area (Å²) in [5.74, 6) is 2.05. The van der Waals surface area contributed by atoms with Gasteiger partial charge in [0.1, 0.15) is 11.2 Å². The Kier molecular flexibility index (Phi) is 6.91. The summed E-state index contributed by atoms with van der Waals surface area (Å²) < 4.78 is 6.28. The second-order valence-corrected chi connectivity index (χ2v) is 13.1.